The van der Waals surface area contributed by atoms with Crippen molar-refractivity contribution in [1.82, 2.24) is 14.7 Å². The molecule has 1 aromatic rings. The third kappa shape index (κ3) is 2.69. The normalized spacial score (nSPS) is 17.9. The minimum absolute atomic E-state index is 0.0251. The first-order valence-corrected chi connectivity index (χ1v) is 8.23. The number of piperazine rings is 1. The monoisotopic (exact) mass is 287 g/mol. The molecule has 7 nitrogen and oxygen atoms in total. The molecule has 0 unspecified atom stereocenters. The van der Waals surface area contributed by atoms with Gasteiger partial charge in [-0.15, -0.1) is 0 Å². The van der Waals surface area contributed by atoms with E-state index in [2.05, 4.69) is 21.8 Å². The minimum atomic E-state index is -3.38. The van der Waals surface area contributed by atoms with Gasteiger partial charge in [0.25, 0.3) is 0 Å². The Morgan fingerprint density at radius 3 is 2.26 bits per heavy atom. The Labute approximate surface area is 113 Å². The predicted molar refractivity (Wildman–Crippen MR) is 75.1 cm³/mol. The smallest absolute Gasteiger partial charge is 0.201 e. The van der Waals surface area contributed by atoms with Crippen LogP contribution in [0.1, 0.15) is 6.92 Å². The Hall–Kier alpha value is -1.28. The van der Waals surface area contributed by atoms with Crippen LogP contribution in [0.2, 0.25) is 0 Å². The molecule has 0 aromatic carbocycles. The molecule has 1 saturated heterocycles. The standard InChI is InChI=1S/C11H21N5O2S/c1-4-15-5-7-16(8-6-15)11-9(12)10(13-14(11)2)19(3,17)18/h4-8,12H2,1-3H3. The van der Waals surface area contributed by atoms with Crippen molar-refractivity contribution in [3.63, 3.8) is 0 Å². The van der Waals surface area contributed by atoms with Crippen LogP contribution in [-0.2, 0) is 16.9 Å². The number of likely N-dealkylation sites (N-methyl/N-ethyl adjacent to an activating group) is 1. The molecule has 1 fully saturated rings. The second-order valence-electron chi connectivity index (χ2n) is 4.86. The molecular formula is C11H21N5O2S. The molecule has 0 atom stereocenters. The second-order valence-corrected chi connectivity index (χ2v) is 6.79. The average Bonchev–Trinajstić information content (AvgIpc) is 2.65. The minimum Gasteiger partial charge on any atom is -0.393 e. The van der Waals surface area contributed by atoms with E-state index in [0.29, 0.717) is 5.82 Å². The lowest BCUT2D eigenvalue weighted by Gasteiger charge is -2.35. The molecule has 0 spiro atoms. The molecule has 2 rings (SSSR count). The summed E-state index contributed by atoms with van der Waals surface area (Å²) in [6, 6.07) is 0. The Morgan fingerprint density at radius 2 is 1.84 bits per heavy atom. The number of nitrogen functional groups attached to an aromatic ring is 1. The summed E-state index contributed by atoms with van der Waals surface area (Å²) in [7, 11) is -1.65. The van der Waals surface area contributed by atoms with Crippen molar-refractivity contribution in [3.8, 4) is 0 Å². The molecule has 0 radical (unpaired) electrons. The van der Waals surface area contributed by atoms with Gasteiger partial charge in [0.1, 0.15) is 5.69 Å². The number of anilines is 2. The van der Waals surface area contributed by atoms with Gasteiger partial charge in [0, 0.05) is 39.5 Å². The van der Waals surface area contributed by atoms with E-state index in [4.69, 9.17) is 5.73 Å². The molecule has 2 heterocycles. The molecule has 1 aromatic heterocycles. The van der Waals surface area contributed by atoms with Gasteiger partial charge in [-0.2, -0.15) is 5.10 Å². The molecule has 0 saturated carbocycles. The number of hydrogen-bond acceptors (Lipinski definition) is 6. The van der Waals surface area contributed by atoms with Gasteiger partial charge in [-0.25, -0.2) is 13.1 Å². The van der Waals surface area contributed by atoms with Crippen LogP contribution in [0.15, 0.2) is 5.03 Å². The van der Waals surface area contributed by atoms with E-state index in [1.165, 1.54) is 0 Å². The summed E-state index contributed by atoms with van der Waals surface area (Å²) >= 11 is 0. The molecule has 1 aliphatic rings. The summed E-state index contributed by atoms with van der Waals surface area (Å²) in [5, 5.41) is 4.02. The van der Waals surface area contributed by atoms with Crippen molar-refractivity contribution in [2.24, 2.45) is 7.05 Å². The largest absolute Gasteiger partial charge is 0.393 e. The SMILES string of the molecule is CCN1CCN(c2c(N)c(S(C)(=O)=O)nn2C)CC1. The topological polar surface area (TPSA) is 84.5 Å². The zero-order chi connectivity index (χ0) is 14.2. The van der Waals surface area contributed by atoms with Crippen molar-refractivity contribution in [2.75, 3.05) is 49.6 Å². The van der Waals surface area contributed by atoms with Crippen molar-refractivity contribution in [3.05, 3.63) is 0 Å². The second kappa shape index (κ2) is 5.01. The highest BCUT2D eigenvalue weighted by Gasteiger charge is 2.26. The first kappa shape index (κ1) is 14.1. The van der Waals surface area contributed by atoms with Gasteiger partial charge in [0.15, 0.2) is 15.7 Å². The Morgan fingerprint density at radius 1 is 1.26 bits per heavy atom. The number of nitrogens with two attached hydrogens (primary N) is 1. The highest BCUT2D eigenvalue weighted by atomic mass is 32.2. The zero-order valence-corrected chi connectivity index (χ0v) is 12.4. The van der Waals surface area contributed by atoms with Crippen LogP contribution in [0.5, 0.6) is 0 Å². The summed E-state index contributed by atoms with van der Waals surface area (Å²) in [5.41, 5.74) is 6.23. The number of aryl methyl sites for hydroxylation is 1. The summed E-state index contributed by atoms with van der Waals surface area (Å²) < 4.78 is 24.8. The van der Waals surface area contributed by atoms with Crippen LogP contribution in [0.25, 0.3) is 0 Å². The number of aromatic nitrogens is 2. The van der Waals surface area contributed by atoms with Crippen LogP contribution in [0.3, 0.4) is 0 Å². The van der Waals surface area contributed by atoms with Crippen LogP contribution >= 0.6 is 0 Å². The quantitative estimate of drug-likeness (QED) is 0.810. The fraction of sp³-hybridized carbons (Fsp3) is 0.727. The average molecular weight is 287 g/mol. The van der Waals surface area contributed by atoms with Crippen LogP contribution < -0.4 is 10.6 Å². The van der Waals surface area contributed by atoms with Crippen molar-refractivity contribution in [2.45, 2.75) is 11.9 Å². The molecular weight excluding hydrogens is 266 g/mol. The van der Waals surface area contributed by atoms with Crippen LogP contribution in [0, 0.1) is 0 Å². The number of hydrogen-bond donors (Lipinski definition) is 1. The molecule has 0 amide bonds. The van der Waals surface area contributed by atoms with Crippen LogP contribution in [0.4, 0.5) is 11.5 Å². The lowest BCUT2D eigenvalue weighted by atomic mass is 10.3. The predicted octanol–water partition coefficient (Wildman–Crippen LogP) is -0.452. The van der Waals surface area contributed by atoms with E-state index in [-0.39, 0.29) is 10.7 Å². The van der Waals surface area contributed by atoms with E-state index in [0.717, 1.165) is 39.0 Å². The summed E-state index contributed by atoms with van der Waals surface area (Å²) in [4.78, 5) is 4.45. The highest BCUT2D eigenvalue weighted by Crippen LogP contribution is 2.29. The van der Waals surface area contributed by atoms with Gasteiger partial charge in [-0.05, 0) is 6.54 Å². The maximum atomic E-state index is 11.6. The van der Waals surface area contributed by atoms with Gasteiger partial charge >= 0.3 is 0 Å². The third-order valence-electron chi connectivity index (χ3n) is 3.49. The van der Waals surface area contributed by atoms with E-state index in [1.807, 2.05) is 0 Å². The number of sulfone groups is 1. The van der Waals surface area contributed by atoms with E-state index in [9.17, 15) is 8.42 Å². The van der Waals surface area contributed by atoms with Crippen molar-refractivity contribution in [1.29, 1.82) is 0 Å². The van der Waals surface area contributed by atoms with E-state index >= 15 is 0 Å². The number of rotatable bonds is 3. The zero-order valence-electron chi connectivity index (χ0n) is 11.6. The number of nitrogens with zero attached hydrogens (tertiary/aromatic N) is 4. The summed E-state index contributed by atoms with van der Waals surface area (Å²) in [6.07, 6.45) is 1.13. The fourth-order valence-electron chi connectivity index (χ4n) is 2.43. The Kier molecular flexibility index (Phi) is 3.73. The lowest BCUT2D eigenvalue weighted by Crippen LogP contribution is -2.47. The van der Waals surface area contributed by atoms with Crippen molar-refractivity contribution < 1.29 is 8.42 Å². The molecule has 108 valence electrons. The van der Waals surface area contributed by atoms with Gasteiger partial charge in [0.05, 0.1) is 0 Å². The molecule has 1 aliphatic heterocycles. The summed E-state index contributed by atoms with van der Waals surface area (Å²) in [5.74, 6) is 0.705. The summed E-state index contributed by atoms with van der Waals surface area (Å²) in [6.45, 7) is 6.74. The van der Waals surface area contributed by atoms with E-state index in [1.54, 1.807) is 11.7 Å². The van der Waals surface area contributed by atoms with Gasteiger partial charge in [-0.1, -0.05) is 6.92 Å². The highest BCUT2D eigenvalue weighted by molar-refractivity contribution is 7.90. The maximum absolute atomic E-state index is 11.6. The van der Waals surface area contributed by atoms with Gasteiger partial charge in [0.2, 0.25) is 5.03 Å². The van der Waals surface area contributed by atoms with E-state index < -0.39 is 9.84 Å². The molecule has 19 heavy (non-hydrogen) atoms. The van der Waals surface area contributed by atoms with Crippen molar-refractivity contribution >= 4 is 21.3 Å². The third-order valence-corrected chi connectivity index (χ3v) is 4.49. The van der Waals surface area contributed by atoms with Gasteiger partial charge in [-0.3, -0.25) is 0 Å². The van der Waals surface area contributed by atoms with Crippen LogP contribution in [-0.4, -0.2) is 62.1 Å². The Bertz CT molecular complexity index is 558. The fourth-order valence-corrected chi connectivity index (χ4v) is 3.19. The first-order chi connectivity index (χ1) is 8.84. The lowest BCUT2D eigenvalue weighted by molar-refractivity contribution is 0.270. The first-order valence-electron chi connectivity index (χ1n) is 6.34. The van der Waals surface area contributed by atoms with Gasteiger partial charge < -0.3 is 15.5 Å². The molecule has 0 bridgehead atoms. The molecule has 2 N–H and O–H groups in total. The molecule has 8 heteroatoms. The molecule has 0 aliphatic carbocycles. The Balaban J connectivity index is 2.29. The maximum Gasteiger partial charge on any atom is 0.201 e.